The number of furan rings is 2. The first kappa shape index (κ1) is 15.8. The van der Waals surface area contributed by atoms with E-state index in [9.17, 15) is 13.2 Å². The summed E-state index contributed by atoms with van der Waals surface area (Å²) in [4.78, 5) is 12.2. The number of nitrogens with zero attached hydrogens (tertiary/aromatic N) is 1. The van der Waals surface area contributed by atoms with Gasteiger partial charge in [-0.15, -0.1) is 0 Å². The fourth-order valence-corrected chi connectivity index (χ4v) is 4.24. The Balaban J connectivity index is 1.76. The summed E-state index contributed by atoms with van der Waals surface area (Å²) < 4.78 is 36.8. The molecule has 7 nitrogen and oxygen atoms in total. The topological polar surface area (TPSA) is 92.8 Å². The Morgan fingerprint density at radius 3 is 2.74 bits per heavy atom. The molecule has 0 bridgehead atoms. The molecule has 1 saturated heterocycles. The number of rotatable bonds is 5. The van der Waals surface area contributed by atoms with E-state index in [1.54, 1.807) is 13.0 Å². The van der Waals surface area contributed by atoms with E-state index in [1.807, 2.05) is 0 Å². The van der Waals surface area contributed by atoms with Gasteiger partial charge in [0, 0.05) is 31.3 Å². The molecule has 8 heteroatoms. The molecule has 0 aliphatic carbocycles. The number of amides is 1. The van der Waals surface area contributed by atoms with Crippen molar-refractivity contribution in [2.45, 2.75) is 31.2 Å². The third-order valence-electron chi connectivity index (χ3n) is 3.81. The molecule has 0 spiro atoms. The lowest BCUT2D eigenvalue weighted by molar-refractivity contribution is 0.0922. The van der Waals surface area contributed by atoms with Crippen LogP contribution in [0.25, 0.3) is 0 Å². The van der Waals surface area contributed by atoms with Gasteiger partial charge >= 0.3 is 0 Å². The molecule has 0 unspecified atom stereocenters. The van der Waals surface area contributed by atoms with Crippen LogP contribution >= 0.6 is 0 Å². The predicted octanol–water partition coefficient (Wildman–Crippen LogP) is 1.90. The molecule has 2 aromatic rings. The molecule has 3 rings (SSSR count). The van der Waals surface area contributed by atoms with E-state index in [0.717, 1.165) is 18.4 Å². The Labute approximate surface area is 134 Å². The van der Waals surface area contributed by atoms with Crippen molar-refractivity contribution in [3.05, 3.63) is 41.7 Å². The van der Waals surface area contributed by atoms with Crippen LogP contribution in [0.5, 0.6) is 0 Å². The number of sulfonamides is 1. The van der Waals surface area contributed by atoms with Gasteiger partial charge in [-0.3, -0.25) is 4.79 Å². The van der Waals surface area contributed by atoms with Gasteiger partial charge in [-0.05, 0) is 25.8 Å². The lowest BCUT2D eigenvalue weighted by Gasteiger charge is -2.14. The van der Waals surface area contributed by atoms with E-state index in [0.29, 0.717) is 13.1 Å². The lowest BCUT2D eigenvalue weighted by atomic mass is 10.3. The maximum atomic E-state index is 12.6. The van der Waals surface area contributed by atoms with Crippen LogP contribution < -0.4 is 5.32 Å². The van der Waals surface area contributed by atoms with Gasteiger partial charge in [-0.25, -0.2) is 8.42 Å². The summed E-state index contributed by atoms with van der Waals surface area (Å²) in [7, 11) is -3.60. The first-order valence-electron chi connectivity index (χ1n) is 7.38. The van der Waals surface area contributed by atoms with E-state index in [-0.39, 0.29) is 23.0 Å². The average molecular weight is 338 g/mol. The second-order valence-electron chi connectivity index (χ2n) is 5.46. The highest BCUT2D eigenvalue weighted by Gasteiger charge is 2.31. The SMILES string of the molecule is Cc1oc(C(=O)NCc2ccoc2)cc1S(=O)(=O)N1CCCC1. The van der Waals surface area contributed by atoms with Crippen LogP contribution in [0, 0.1) is 6.92 Å². The second-order valence-corrected chi connectivity index (χ2v) is 7.36. The normalized spacial score (nSPS) is 15.9. The van der Waals surface area contributed by atoms with Gasteiger partial charge in [0.05, 0.1) is 12.5 Å². The van der Waals surface area contributed by atoms with Crippen LogP contribution in [0.1, 0.15) is 34.7 Å². The third kappa shape index (κ3) is 3.18. The van der Waals surface area contributed by atoms with E-state index in [2.05, 4.69) is 5.32 Å². The molecule has 2 aromatic heterocycles. The van der Waals surface area contributed by atoms with Gasteiger partial charge in [0.2, 0.25) is 10.0 Å². The molecule has 0 radical (unpaired) electrons. The van der Waals surface area contributed by atoms with Crippen LogP contribution in [0.3, 0.4) is 0 Å². The van der Waals surface area contributed by atoms with Crippen LogP contribution in [0.15, 0.2) is 38.4 Å². The highest BCUT2D eigenvalue weighted by Crippen LogP contribution is 2.26. The molecular formula is C15H18N2O5S. The van der Waals surface area contributed by atoms with Crippen molar-refractivity contribution in [2.24, 2.45) is 0 Å². The zero-order valence-corrected chi connectivity index (χ0v) is 13.6. The van der Waals surface area contributed by atoms with Crippen molar-refractivity contribution in [1.82, 2.24) is 9.62 Å². The van der Waals surface area contributed by atoms with Gasteiger partial charge in [0.1, 0.15) is 10.7 Å². The van der Waals surface area contributed by atoms with Crippen molar-refractivity contribution < 1.29 is 22.0 Å². The summed E-state index contributed by atoms with van der Waals surface area (Å²) >= 11 is 0. The minimum absolute atomic E-state index is 0.0104. The zero-order valence-electron chi connectivity index (χ0n) is 12.7. The Bertz CT molecular complexity index is 786. The largest absolute Gasteiger partial charge is 0.472 e. The van der Waals surface area contributed by atoms with E-state index in [1.165, 1.54) is 22.9 Å². The van der Waals surface area contributed by atoms with Gasteiger partial charge in [0.15, 0.2) is 5.76 Å². The van der Waals surface area contributed by atoms with Crippen LogP contribution in [-0.4, -0.2) is 31.7 Å². The molecule has 3 heterocycles. The molecule has 1 aliphatic rings. The molecule has 1 N–H and O–H groups in total. The highest BCUT2D eigenvalue weighted by molar-refractivity contribution is 7.89. The number of carbonyl (C=O) groups excluding carboxylic acids is 1. The fraction of sp³-hybridized carbons (Fsp3) is 0.400. The first-order valence-corrected chi connectivity index (χ1v) is 8.82. The number of hydrogen-bond donors (Lipinski definition) is 1. The maximum absolute atomic E-state index is 12.6. The van der Waals surface area contributed by atoms with Crippen molar-refractivity contribution in [2.75, 3.05) is 13.1 Å². The molecule has 1 amide bonds. The second kappa shape index (κ2) is 6.21. The lowest BCUT2D eigenvalue weighted by Crippen LogP contribution is -2.28. The number of hydrogen-bond acceptors (Lipinski definition) is 5. The molecule has 0 aromatic carbocycles. The van der Waals surface area contributed by atoms with Gasteiger partial charge in [0.25, 0.3) is 5.91 Å². The van der Waals surface area contributed by atoms with E-state index in [4.69, 9.17) is 8.83 Å². The molecule has 1 fully saturated rings. The minimum atomic E-state index is -3.60. The van der Waals surface area contributed by atoms with Gasteiger partial charge in [-0.1, -0.05) is 0 Å². The smallest absolute Gasteiger partial charge is 0.287 e. The van der Waals surface area contributed by atoms with Crippen molar-refractivity contribution in [3.8, 4) is 0 Å². The number of aryl methyl sites for hydroxylation is 1. The highest BCUT2D eigenvalue weighted by atomic mass is 32.2. The Morgan fingerprint density at radius 2 is 2.09 bits per heavy atom. The Kier molecular flexibility index (Phi) is 4.27. The summed E-state index contributed by atoms with van der Waals surface area (Å²) in [5.41, 5.74) is 0.812. The van der Waals surface area contributed by atoms with Crippen LogP contribution in [0.2, 0.25) is 0 Å². The van der Waals surface area contributed by atoms with Gasteiger partial charge < -0.3 is 14.2 Å². The first-order chi connectivity index (χ1) is 11.0. The predicted molar refractivity (Wildman–Crippen MR) is 81.3 cm³/mol. The van der Waals surface area contributed by atoms with Crippen molar-refractivity contribution >= 4 is 15.9 Å². The molecule has 124 valence electrons. The number of nitrogens with one attached hydrogen (secondary N) is 1. The fourth-order valence-electron chi connectivity index (χ4n) is 2.56. The molecule has 23 heavy (non-hydrogen) atoms. The Hall–Kier alpha value is -2.06. The van der Waals surface area contributed by atoms with Crippen molar-refractivity contribution in [3.63, 3.8) is 0 Å². The van der Waals surface area contributed by atoms with Gasteiger partial charge in [-0.2, -0.15) is 4.31 Å². The van der Waals surface area contributed by atoms with E-state index < -0.39 is 15.9 Å². The van der Waals surface area contributed by atoms with E-state index >= 15 is 0 Å². The standard InChI is InChI=1S/C15H18N2O5S/c1-11-14(23(19,20)17-5-2-3-6-17)8-13(22-11)15(18)16-9-12-4-7-21-10-12/h4,7-8,10H,2-3,5-6,9H2,1H3,(H,16,18). The number of carbonyl (C=O) groups is 1. The summed E-state index contributed by atoms with van der Waals surface area (Å²) in [6.45, 7) is 2.85. The van der Waals surface area contributed by atoms with Crippen LogP contribution in [-0.2, 0) is 16.6 Å². The molecule has 0 saturated carbocycles. The summed E-state index contributed by atoms with van der Waals surface area (Å²) in [6.07, 6.45) is 4.75. The summed E-state index contributed by atoms with van der Waals surface area (Å²) in [5, 5.41) is 2.66. The summed E-state index contributed by atoms with van der Waals surface area (Å²) in [5.74, 6) is -0.244. The van der Waals surface area contributed by atoms with Crippen LogP contribution in [0.4, 0.5) is 0 Å². The minimum Gasteiger partial charge on any atom is -0.472 e. The monoisotopic (exact) mass is 338 g/mol. The molecular weight excluding hydrogens is 320 g/mol. The third-order valence-corrected chi connectivity index (χ3v) is 5.82. The average Bonchev–Trinajstić information content (AvgIpc) is 3.25. The molecule has 0 atom stereocenters. The maximum Gasteiger partial charge on any atom is 0.287 e. The summed E-state index contributed by atoms with van der Waals surface area (Å²) in [6, 6.07) is 3.03. The molecule has 1 aliphatic heterocycles. The Morgan fingerprint density at radius 1 is 1.35 bits per heavy atom. The quantitative estimate of drug-likeness (QED) is 0.899. The zero-order chi connectivity index (χ0) is 16.4. The van der Waals surface area contributed by atoms with Crippen molar-refractivity contribution in [1.29, 1.82) is 0 Å².